The Labute approximate surface area is 125 Å². The molecule has 5 heteroatoms. The van der Waals surface area contributed by atoms with Gasteiger partial charge in [-0.15, -0.1) is 0 Å². The number of hydrogen-bond acceptors (Lipinski definition) is 1. The Bertz CT molecular complexity index is 470. The third-order valence-electron chi connectivity index (χ3n) is 3.52. The van der Waals surface area contributed by atoms with Crippen LogP contribution in [0.3, 0.4) is 0 Å². The van der Waals surface area contributed by atoms with Gasteiger partial charge in [0, 0.05) is 9.99 Å². The Morgan fingerprint density at radius 3 is 2.79 bits per heavy atom. The predicted molar refractivity (Wildman–Crippen MR) is 78.6 cm³/mol. The molecule has 0 spiro atoms. The van der Waals surface area contributed by atoms with Crippen LogP contribution in [0.2, 0.25) is 0 Å². The van der Waals surface area contributed by atoms with E-state index in [2.05, 4.69) is 27.9 Å². The lowest BCUT2D eigenvalue weighted by Crippen LogP contribution is -2.49. The first-order chi connectivity index (χ1) is 8.92. The van der Waals surface area contributed by atoms with E-state index in [0.29, 0.717) is 18.4 Å². The minimum absolute atomic E-state index is 0.136. The molecule has 1 atom stereocenters. The van der Waals surface area contributed by atoms with Crippen LogP contribution < -0.4 is 5.32 Å². The van der Waals surface area contributed by atoms with Gasteiger partial charge < -0.3 is 5.32 Å². The van der Waals surface area contributed by atoms with Crippen molar-refractivity contribution in [2.75, 3.05) is 0 Å². The van der Waals surface area contributed by atoms with Crippen molar-refractivity contribution in [3.8, 4) is 0 Å². The monoisotopic (exact) mass is 379 g/mol. The molecule has 104 valence electrons. The summed E-state index contributed by atoms with van der Waals surface area (Å²) in [7, 11) is 0. The minimum Gasteiger partial charge on any atom is -0.343 e. The molecule has 19 heavy (non-hydrogen) atoms. The fourth-order valence-electron chi connectivity index (χ4n) is 2.42. The first-order valence-electron chi connectivity index (χ1n) is 6.35. The zero-order chi connectivity index (χ0) is 14.0. The normalized spacial score (nSPS) is 22.0. The molecule has 2 rings (SSSR count). The Balaban J connectivity index is 2.17. The lowest BCUT2D eigenvalue weighted by Gasteiger charge is -2.32. The van der Waals surface area contributed by atoms with E-state index >= 15 is 0 Å². The quantitative estimate of drug-likeness (QED) is 0.776. The van der Waals surface area contributed by atoms with Crippen LogP contribution in [0.25, 0.3) is 0 Å². The Hall–Kier alpha value is -0.720. The molecule has 1 unspecified atom stereocenters. The van der Waals surface area contributed by atoms with E-state index in [1.54, 1.807) is 0 Å². The summed E-state index contributed by atoms with van der Waals surface area (Å²) in [6, 6.07) is 4.44. The van der Waals surface area contributed by atoms with E-state index in [1.165, 1.54) is 0 Å². The van der Waals surface area contributed by atoms with Gasteiger partial charge in [0.05, 0.1) is 11.6 Å². The third-order valence-corrected chi connectivity index (χ3v) is 4.42. The number of carbonyl (C=O) groups excluding carboxylic acids is 1. The number of nitrogens with one attached hydrogen (secondary N) is 1. The van der Waals surface area contributed by atoms with Crippen LogP contribution in [0.4, 0.5) is 8.78 Å². The molecule has 1 amide bonds. The van der Waals surface area contributed by atoms with Crippen LogP contribution in [0.1, 0.15) is 41.6 Å². The van der Waals surface area contributed by atoms with Crippen molar-refractivity contribution >= 4 is 28.5 Å². The molecule has 1 saturated carbocycles. The third kappa shape index (κ3) is 3.24. The highest BCUT2D eigenvalue weighted by molar-refractivity contribution is 14.1. The van der Waals surface area contributed by atoms with E-state index in [4.69, 9.17) is 0 Å². The molecule has 2 nitrogen and oxygen atoms in total. The highest BCUT2D eigenvalue weighted by atomic mass is 127. The molecule has 0 saturated heterocycles. The van der Waals surface area contributed by atoms with E-state index in [-0.39, 0.29) is 6.42 Å². The molecular formula is C14H16F2INO. The summed E-state index contributed by atoms with van der Waals surface area (Å²) < 4.78 is 28.2. The number of benzene rings is 1. The molecule has 1 aliphatic rings. The smallest absolute Gasteiger partial charge is 0.267 e. The number of carbonyl (C=O) groups is 1. The summed E-state index contributed by atoms with van der Waals surface area (Å²) >= 11 is 2.06. The summed E-state index contributed by atoms with van der Waals surface area (Å²) in [4.78, 5) is 12.2. The Kier molecular flexibility index (Phi) is 4.43. The van der Waals surface area contributed by atoms with Crippen molar-refractivity contribution in [2.24, 2.45) is 0 Å². The van der Waals surface area contributed by atoms with Crippen LogP contribution in [0.15, 0.2) is 18.2 Å². The summed E-state index contributed by atoms with van der Waals surface area (Å²) in [5.74, 6) is -3.18. The molecule has 1 aromatic rings. The molecule has 0 aromatic heterocycles. The largest absolute Gasteiger partial charge is 0.343 e. The van der Waals surface area contributed by atoms with E-state index < -0.39 is 17.9 Å². The summed E-state index contributed by atoms with van der Waals surface area (Å²) in [6.45, 7) is 1.82. The van der Waals surface area contributed by atoms with Crippen LogP contribution in [-0.2, 0) is 0 Å². The van der Waals surface area contributed by atoms with Gasteiger partial charge in [0.2, 0.25) is 0 Å². The van der Waals surface area contributed by atoms with Gasteiger partial charge in [-0.25, -0.2) is 8.78 Å². The van der Waals surface area contributed by atoms with Crippen molar-refractivity contribution in [1.29, 1.82) is 0 Å². The molecule has 1 aromatic carbocycles. The standard InChI is InChI=1S/C14H16F2INO/c1-9-5-4-6-10(17)12(9)13(19)18-11-7-2-3-8-14(11,15)16/h4-6,11H,2-3,7-8H2,1H3,(H,18,19). The second-order valence-electron chi connectivity index (χ2n) is 4.96. The maximum Gasteiger partial charge on any atom is 0.267 e. The van der Waals surface area contributed by atoms with Crippen molar-refractivity contribution < 1.29 is 13.6 Å². The van der Waals surface area contributed by atoms with Gasteiger partial charge in [0.25, 0.3) is 11.8 Å². The molecule has 0 aliphatic heterocycles. The van der Waals surface area contributed by atoms with Gasteiger partial charge in [-0.1, -0.05) is 18.6 Å². The SMILES string of the molecule is Cc1cccc(I)c1C(=O)NC1CCCCC1(F)F. The Morgan fingerprint density at radius 2 is 2.16 bits per heavy atom. The second-order valence-corrected chi connectivity index (χ2v) is 6.13. The van der Waals surface area contributed by atoms with Gasteiger partial charge in [-0.3, -0.25) is 4.79 Å². The van der Waals surface area contributed by atoms with E-state index in [9.17, 15) is 13.6 Å². The summed E-state index contributed by atoms with van der Waals surface area (Å²) in [5.41, 5.74) is 1.31. The zero-order valence-corrected chi connectivity index (χ0v) is 12.8. The lowest BCUT2D eigenvalue weighted by molar-refractivity contribution is -0.0609. The number of hydrogen-bond donors (Lipinski definition) is 1. The van der Waals surface area contributed by atoms with Crippen molar-refractivity contribution in [3.05, 3.63) is 32.9 Å². The maximum absolute atomic E-state index is 13.7. The highest BCUT2D eigenvalue weighted by Crippen LogP contribution is 2.33. The first-order valence-corrected chi connectivity index (χ1v) is 7.43. The van der Waals surface area contributed by atoms with Crippen LogP contribution in [0, 0.1) is 10.5 Å². The van der Waals surface area contributed by atoms with Crippen LogP contribution in [0.5, 0.6) is 0 Å². The number of alkyl halides is 2. The second kappa shape index (κ2) is 5.73. The number of aryl methyl sites for hydroxylation is 1. The average Bonchev–Trinajstić information content (AvgIpc) is 2.31. The summed E-state index contributed by atoms with van der Waals surface area (Å²) in [6.07, 6.45) is 1.48. The molecule has 0 radical (unpaired) electrons. The molecule has 0 heterocycles. The van der Waals surface area contributed by atoms with Gasteiger partial charge in [-0.2, -0.15) is 0 Å². The number of rotatable bonds is 2. The lowest BCUT2D eigenvalue weighted by atomic mass is 9.91. The van der Waals surface area contributed by atoms with Gasteiger partial charge in [-0.05, 0) is 54.0 Å². The fourth-order valence-corrected chi connectivity index (χ4v) is 3.30. The van der Waals surface area contributed by atoms with Crippen molar-refractivity contribution in [3.63, 3.8) is 0 Å². The minimum atomic E-state index is -2.79. The van der Waals surface area contributed by atoms with Gasteiger partial charge in [0.15, 0.2) is 0 Å². The predicted octanol–water partition coefficient (Wildman–Crippen LogP) is 3.91. The van der Waals surface area contributed by atoms with Gasteiger partial charge in [0.1, 0.15) is 0 Å². The summed E-state index contributed by atoms with van der Waals surface area (Å²) in [5, 5.41) is 2.51. The van der Waals surface area contributed by atoms with Crippen LogP contribution in [-0.4, -0.2) is 17.9 Å². The van der Waals surface area contributed by atoms with Gasteiger partial charge >= 0.3 is 0 Å². The highest BCUT2D eigenvalue weighted by Gasteiger charge is 2.42. The zero-order valence-electron chi connectivity index (χ0n) is 10.7. The maximum atomic E-state index is 13.7. The molecule has 0 bridgehead atoms. The molecule has 1 fully saturated rings. The van der Waals surface area contributed by atoms with Crippen LogP contribution >= 0.6 is 22.6 Å². The Morgan fingerprint density at radius 1 is 1.42 bits per heavy atom. The van der Waals surface area contributed by atoms with Crippen molar-refractivity contribution in [2.45, 2.75) is 44.6 Å². The van der Waals surface area contributed by atoms with E-state index in [0.717, 1.165) is 15.6 Å². The number of amides is 1. The van der Waals surface area contributed by atoms with Crippen molar-refractivity contribution in [1.82, 2.24) is 5.32 Å². The topological polar surface area (TPSA) is 29.1 Å². The van der Waals surface area contributed by atoms with E-state index in [1.807, 2.05) is 25.1 Å². The molecule has 1 N–H and O–H groups in total. The fraction of sp³-hybridized carbons (Fsp3) is 0.500. The number of halogens is 3. The molecule has 1 aliphatic carbocycles. The molecular weight excluding hydrogens is 363 g/mol. The average molecular weight is 379 g/mol. The first kappa shape index (κ1) is 14.7.